The van der Waals surface area contributed by atoms with Gasteiger partial charge in [0.1, 0.15) is 13.2 Å². The molecular formula is C56H94O6. The number of hydrogen-bond donors (Lipinski definition) is 0. The van der Waals surface area contributed by atoms with Gasteiger partial charge in [-0.2, -0.15) is 0 Å². The maximum atomic E-state index is 12.8. The van der Waals surface area contributed by atoms with E-state index in [1.54, 1.807) is 0 Å². The van der Waals surface area contributed by atoms with E-state index >= 15 is 0 Å². The van der Waals surface area contributed by atoms with Crippen molar-refractivity contribution < 1.29 is 28.6 Å². The number of unbranched alkanes of at least 4 members (excludes halogenated alkanes) is 25. The summed E-state index contributed by atoms with van der Waals surface area (Å²) in [5.74, 6) is -0.957. The zero-order chi connectivity index (χ0) is 45.1. The monoisotopic (exact) mass is 863 g/mol. The van der Waals surface area contributed by atoms with Crippen LogP contribution in [0.15, 0.2) is 85.1 Å². The summed E-state index contributed by atoms with van der Waals surface area (Å²) in [6, 6.07) is 0. The fraction of sp³-hybridized carbons (Fsp3) is 0.696. The van der Waals surface area contributed by atoms with Crippen LogP contribution in [0.3, 0.4) is 0 Å². The smallest absolute Gasteiger partial charge is 0.306 e. The predicted octanol–water partition coefficient (Wildman–Crippen LogP) is 16.8. The first-order valence-corrected chi connectivity index (χ1v) is 25.7. The van der Waals surface area contributed by atoms with E-state index in [0.717, 1.165) is 83.5 Å². The Morgan fingerprint density at radius 2 is 0.645 bits per heavy atom. The average Bonchev–Trinajstić information content (AvgIpc) is 3.27. The fourth-order valence-electron chi connectivity index (χ4n) is 6.94. The molecule has 0 aliphatic rings. The normalized spacial score (nSPS) is 12.8. The van der Waals surface area contributed by atoms with E-state index in [1.165, 1.54) is 109 Å². The first-order valence-electron chi connectivity index (χ1n) is 25.7. The van der Waals surface area contributed by atoms with Gasteiger partial charge in [-0.05, 0) is 64.2 Å². The second kappa shape index (κ2) is 50.2. The molecule has 62 heavy (non-hydrogen) atoms. The average molecular weight is 863 g/mol. The molecular weight excluding hydrogens is 769 g/mol. The van der Waals surface area contributed by atoms with Crippen LogP contribution in [-0.4, -0.2) is 37.2 Å². The molecule has 6 nitrogen and oxygen atoms in total. The minimum atomic E-state index is -0.800. The molecule has 0 aliphatic heterocycles. The molecule has 0 fully saturated rings. The zero-order valence-corrected chi connectivity index (χ0v) is 40.4. The van der Waals surface area contributed by atoms with Gasteiger partial charge in [0.15, 0.2) is 6.10 Å². The van der Waals surface area contributed by atoms with Crippen molar-refractivity contribution in [1.29, 1.82) is 0 Å². The highest BCUT2D eigenvalue weighted by Gasteiger charge is 2.19. The van der Waals surface area contributed by atoms with Gasteiger partial charge in [0, 0.05) is 19.3 Å². The Morgan fingerprint density at radius 3 is 1.05 bits per heavy atom. The third-order valence-electron chi connectivity index (χ3n) is 10.8. The summed E-state index contributed by atoms with van der Waals surface area (Å²) < 4.78 is 16.7. The molecule has 0 aliphatic carbocycles. The minimum absolute atomic E-state index is 0.0958. The Hall–Kier alpha value is -3.41. The molecule has 0 N–H and O–H groups in total. The molecule has 0 saturated carbocycles. The predicted molar refractivity (Wildman–Crippen MR) is 265 cm³/mol. The molecule has 0 aromatic rings. The van der Waals surface area contributed by atoms with Crippen molar-refractivity contribution in [1.82, 2.24) is 0 Å². The molecule has 0 radical (unpaired) electrons. The third-order valence-corrected chi connectivity index (χ3v) is 10.8. The zero-order valence-electron chi connectivity index (χ0n) is 40.4. The van der Waals surface area contributed by atoms with Crippen LogP contribution >= 0.6 is 0 Å². The van der Waals surface area contributed by atoms with Gasteiger partial charge in [0.2, 0.25) is 0 Å². The largest absolute Gasteiger partial charge is 0.462 e. The van der Waals surface area contributed by atoms with E-state index in [9.17, 15) is 14.4 Å². The van der Waals surface area contributed by atoms with Crippen LogP contribution in [0, 0.1) is 0 Å². The first-order chi connectivity index (χ1) is 30.5. The van der Waals surface area contributed by atoms with E-state index in [1.807, 2.05) is 60.8 Å². The Bertz CT molecular complexity index is 1220. The lowest BCUT2D eigenvalue weighted by Crippen LogP contribution is -2.30. The van der Waals surface area contributed by atoms with Crippen molar-refractivity contribution in [2.45, 2.75) is 239 Å². The van der Waals surface area contributed by atoms with E-state index in [0.29, 0.717) is 19.3 Å². The van der Waals surface area contributed by atoms with Crippen LogP contribution in [0.2, 0.25) is 0 Å². The van der Waals surface area contributed by atoms with E-state index in [2.05, 4.69) is 45.1 Å². The molecule has 0 rings (SSSR count). The Kier molecular flexibility index (Phi) is 47.5. The van der Waals surface area contributed by atoms with Crippen molar-refractivity contribution in [3.05, 3.63) is 85.1 Å². The molecule has 0 amide bonds. The highest BCUT2D eigenvalue weighted by molar-refractivity contribution is 5.71. The molecule has 1 atom stereocenters. The standard InChI is InChI=1S/C56H94O6/c1-4-7-10-13-16-19-22-25-27-28-29-32-34-37-40-43-46-49-55(58)61-52-53(51-60-54(57)48-45-42-39-36-33-30-24-21-18-15-12-9-6-3)62-56(59)50-47-44-41-38-35-31-26-23-20-17-14-11-8-5-2/h7,10,13,16,19,22,25,27-29,31-32,34-35,53H,4-6,8-9,11-12,14-15,17-18,20-21,23-24,26,30,33,36-52H2,1-3H3/b10-7-,16-13-,22-19-,27-25-,29-28+,34-32-,35-31-. The maximum absolute atomic E-state index is 12.8. The van der Waals surface area contributed by atoms with Gasteiger partial charge in [-0.15, -0.1) is 0 Å². The van der Waals surface area contributed by atoms with Gasteiger partial charge in [0.05, 0.1) is 0 Å². The second-order valence-electron chi connectivity index (χ2n) is 16.9. The fourth-order valence-corrected chi connectivity index (χ4v) is 6.94. The van der Waals surface area contributed by atoms with Gasteiger partial charge in [-0.25, -0.2) is 0 Å². The number of esters is 3. The van der Waals surface area contributed by atoms with Crippen molar-refractivity contribution in [2.24, 2.45) is 0 Å². The number of hydrogen-bond acceptors (Lipinski definition) is 6. The maximum Gasteiger partial charge on any atom is 0.306 e. The summed E-state index contributed by atoms with van der Waals surface area (Å²) in [6.45, 7) is 6.43. The van der Waals surface area contributed by atoms with Crippen molar-refractivity contribution in [3.8, 4) is 0 Å². The second-order valence-corrected chi connectivity index (χ2v) is 16.9. The number of ether oxygens (including phenoxy) is 3. The summed E-state index contributed by atoms with van der Waals surface area (Å²) >= 11 is 0. The Balaban J connectivity index is 4.50. The summed E-state index contributed by atoms with van der Waals surface area (Å²) in [4.78, 5) is 37.9. The number of allylic oxidation sites excluding steroid dienone is 14. The lowest BCUT2D eigenvalue weighted by atomic mass is 10.0. The summed E-state index contributed by atoms with van der Waals surface area (Å²) in [5.41, 5.74) is 0. The molecule has 0 heterocycles. The van der Waals surface area contributed by atoms with Gasteiger partial charge in [-0.1, -0.05) is 234 Å². The summed E-state index contributed by atoms with van der Waals surface area (Å²) in [7, 11) is 0. The van der Waals surface area contributed by atoms with Crippen LogP contribution in [0.5, 0.6) is 0 Å². The van der Waals surface area contributed by atoms with Crippen LogP contribution in [0.25, 0.3) is 0 Å². The molecule has 6 heteroatoms. The topological polar surface area (TPSA) is 78.9 Å². The lowest BCUT2D eigenvalue weighted by molar-refractivity contribution is -0.167. The van der Waals surface area contributed by atoms with Crippen LogP contribution < -0.4 is 0 Å². The molecule has 354 valence electrons. The van der Waals surface area contributed by atoms with Crippen LogP contribution in [0.1, 0.15) is 233 Å². The van der Waals surface area contributed by atoms with E-state index in [4.69, 9.17) is 14.2 Å². The molecule has 1 unspecified atom stereocenters. The summed E-state index contributed by atoms with van der Waals surface area (Å²) in [6.07, 6.45) is 64.2. The Morgan fingerprint density at radius 1 is 0.339 bits per heavy atom. The molecule has 0 bridgehead atoms. The van der Waals surface area contributed by atoms with Crippen LogP contribution in [0.4, 0.5) is 0 Å². The molecule has 0 saturated heterocycles. The van der Waals surface area contributed by atoms with Crippen molar-refractivity contribution in [2.75, 3.05) is 13.2 Å². The molecule has 0 aromatic heterocycles. The van der Waals surface area contributed by atoms with Gasteiger partial charge < -0.3 is 14.2 Å². The van der Waals surface area contributed by atoms with Gasteiger partial charge in [-0.3, -0.25) is 14.4 Å². The SMILES string of the molecule is CC\C=C/C=C\C=C/C=C\C=C\C=C/CCCCCC(=O)OCC(COC(=O)CCCCCCCCCCCCCCC)OC(=O)CCCCC/C=C\CCCCCCCCC. The lowest BCUT2D eigenvalue weighted by Gasteiger charge is -2.18. The van der Waals surface area contributed by atoms with E-state index < -0.39 is 6.10 Å². The first kappa shape index (κ1) is 58.6. The summed E-state index contributed by atoms with van der Waals surface area (Å²) in [5, 5.41) is 0. The van der Waals surface area contributed by atoms with Crippen LogP contribution in [-0.2, 0) is 28.6 Å². The number of rotatable bonds is 45. The van der Waals surface area contributed by atoms with Crippen molar-refractivity contribution in [3.63, 3.8) is 0 Å². The third kappa shape index (κ3) is 47.6. The highest BCUT2D eigenvalue weighted by Crippen LogP contribution is 2.15. The van der Waals surface area contributed by atoms with Crippen molar-refractivity contribution >= 4 is 17.9 Å². The Labute approximate surface area is 382 Å². The van der Waals surface area contributed by atoms with Gasteiger partial charge in [0.25, 0.3) is 0 Å². The quantitative estimate of drug-likeness (QED) is 0.0199. The highest BCUT2D eigenvalue weighted by atomic mass is 16.6. The number of carbonyl (C=O) groups is 3. The molecule has 0 aromatic carbocycles. The van der Waals surface area contributed by atoms with E-state index in [-0.39, 0.29) is 31.1 Å². The number of carbonyl (C=O) groups excluding carboxylic acids is 3. The van der Waals surface area contributed by atoms with Gasteiger partial charge >= 0.3 is 17.9 Å². The minimum Gasteiger partial charge on any atom is -0.462 e. The molecule has 0 spiro atoms.